The lowest BCUT2D eigenvalue weighted by Gasteiger charge is -2.30. The minimum absolute atomic E-state index is 0.538. The Morgan fingerprint density at radius 2 is 1.78 bits per heavy atom. The van der Waals surface area contributed by atoms with E-state index in [0.717, 1.165) is 0 Å². The van der Waals surface area contributed by atoms with Gasteiger partial charge >= 0.3 is 27.7 Å². The van der Waals surface area contributed by atoms with Crippen LogP contribution in [0.4, 0.5) is 17.6 Å². The van der Waals surface area contributed by atoms with Gasteiger partial charge in [-0.1, -0.05) is 6.58 Å². The molecule has 12 heteroatoms. The Morgan fingerprint density at radius 3 is 1.94 bits per heavy atom. The summed E-state index contributed by atoms with van der Waals surface area (Å²) >= 11 is -3.62. The molecular weight excluding hydrogens is 308 g/mol. The SMILES string of the molecule is C=C(C)C(F)(C(OS(=O)O)C(F)(F)F)S(=O)(=O)O. The average Bonchev–Trinajstić information content (AvgIpc) is 2.08. The number of hydrogen-bond donors (Lipinski definition) is 2. The Morgan fingerprint density at radius 1 is 1.39 bits per heavy atom. The van der Waals surface area contributed by atoms with Crippen LogP contribution in [0.1, 0.15) is 6.92 Å². The number of hydrogen-bond acceptors (Lipinski definition) is 4. The summed E-state index contributed by atoms with van der Waals surface area (Å²) in [4.78, 5) is 0. The normalized spacial score (nSPS) is 19.9. The van der Waals surface area contributed by atoms with Crippen LogP contribution in [0, 0.1) is 0 Å². The molecule has 0 radical (unpaired) electrons. The molecule has 0 spiro atoms. The van der Waals surface area contributed by atoms with Crippen molar-refractivity contribution >= 4 is 21.5 Å². The van der Waals surface area contributed by atoms with Gasteiger partial charge in [0.1, 0.15) is 0 Å². The predicted molar refractivity (Wildman–Crippen MR) is 51.9 cm³/mol. The van der Waals surface area contributed by atoms with Crippen molar-refractivity contribution in [2.45, 2.75) is 24.2 Å². The Kier molecular flexibility index (Phi) is 5.04. The van der Waals surface area contributed by atoms with Crippen LogP contribution < -0.4 is 0 Å². The van der Waals surface area contributed by atoms with E-state index in [9.17, 15) is 30.2 Å². The first-order valence-electron chi connectivity index (χ1n) is 3.91. The van der Waals surface area contributed by atoms with Gasteiger partial charge in [-0.25, -0.2) is 4.39 Å². The molecule has 2 N–H and O–H groups in total. The summed E-state index contributed by atoms with van der Waals surface area (Å²) in [6, 6.07) is 0. The Labute approximate surface area is 102 Å². The summed E-state index contributed by atoms with van der Waals surface area (Å²) in [5.74, 6) is 0. The lowest BCUT2D eigenvalue weighted by atomic mass is 10.1. The smallest absolute Gasteiger partial charge is 0.284 e. The van der Waals surface area contributed by atoms with Crippen molar-refractivity contribution in [3.63, 3.8) is 0 Å². The lowest BCUT2D eigenvalue weighted by Crippen LogP contribution is -2.54. The van der Waals surface area contributed by atoms with Crippen molar-refractivity contribution in [3.05, 3.63) is 12.2 Å². The minimum atomic E-state index is -5.95. The molecule has 0 fully saturated rings. The van der Waals surface area contributed by atoms with Crippen LogP contribution in [0.3, 0.4) is 0 Å². The van der Waals surface area contributed by atoms with Gasteiger partial charge in [0, 0.05) is 0 Å². The van der Waals surface area contributed by atoms with Gasteiger partial charge in [-0.3, -0.25) is 13.3 Å². The molecule has 3 unspecified atom stereocenters. The molecule has 0 aliphatic heterocycles. The molecule has 0 heterocycles. The highest BCUT2D eigenvalue weighted by Crippen LogP contribution is 2.41. The van der Waals surface area contributed by atoms with Crippen molar-refractivity contribution in [1.82, 2.24) is 0 Å². The first-order valence-corrected chi connectivity index (χ1v) is 6.38. The summed E-state index contributed by atoms with van der Waals surface area (Å²) in [5.41, 5.74) is -1.27. The maximum atomic E-state index is 13.9. The molecule has 0 aromatic carbocycles. The highest BCUT2D eigenvalue weighted by molar-refractivity contribution is 7.87. The van der Waals surface area contributed by atoms with Crippen molar-refractivity contribution < 1.29 is 43.5 Å². The molecule has 0 aromatic heterocycles. The largest absolute Gasteiger partial charge is 0.420 e. The summed E-state index contributed by atoms with van der Waals surface area (Å²) in [5, 5.41) is -4.50. The van der Waals surface area contributed by atoms with Gasteiger partial charge in [0.05, 0.1) is 0 Å². The molecule has 6 nitrogen and oxygen atoms in total. The van der Waals surface area contributed by atoms with Crippen LogP contribution in [0.5, 0.6) is 0 Å². The summed E-state index contributed by atoms with van der Waals surface area (Å²) in [6.45, 7) is 3.20. The summed E-state index contributed by atoms with van der Waals surface area (Å²) < 4.78 is 103. The third kappa shape index (κ3) is 3.47. The van der Waals surface area contributed by atoms with E-state index in [0.29, 0.717) is 6.92 Å². The quantitative estimate of drug-likeness (QED) is 0.342. The molecule has 18 heavy (non-hydrogen) atoms. The van der Waals surface area contributed by atoms with Gasteiger partial charge in [-0.05, 0) is 12.5 Å². The fourth-order valence-corrected chi connectivity index (χ4v) is 2.35. The average molecular weight is 316 g/mol. The van der Waals surface area contributed by atoms with E-state index in [4.69, 9.17) is 9.11 Å². The first kappa shape index (κ1) is 17.4. The van der Waals surface area contributed by atoms with Crippen molar-refractivity contribution in [2.75, 3.05) is 0 Å². The topological polar surface area (TPSA) is 101 Å². The molecule has 0 bridgehead atoms. The van der Waals surface area contributed by atoms with Crippen LogP contribution in [0.2, 0.25) is 0 Å². The van der Waals surface area contributed by atoms with E-state index in [2.05, 4.69) is 10.8 Å². The molecule has 0 aliphatic rings. The number of rotatable bonds is 5. The van der Waals surface area contributed by atoms with Gasteiger partial charge in [-0.15, -0.1) is 0 Å². The zero-order valence-electron chi connectivity index (χ0n) is 8.64. The van der Waals surface area contributed by atoms with Gasteiger partial charge in [-0.2, -0.15) is 25.8 Å². The van der Waals surface area contributed by atoms with Gasteiger partial charge in [0.25, 0.3) is 5.00 Å². The number of halogens is 4. The van der Waals surface area contributed by atoms with Crippen LogP contribution in [-0.4, -0.2) is 39.0 Å². The van der Waals surface area contributed by atoms with E-state index in [1.54, 1.807) is 0 Å². The Bertz CT molecular complexity index is 457. The third-order valence-corrected chi connectivity index (χ3v) is 3.44. The van der Waals surface area contributed by atoms with Gasteiger partial charge in [0.15, 0.2) is 0 Å². The monoisotopic (exact) mass is 316 g/mol. The predicted octanol–water partition coefficient (Wildman–Crippen LogP) is 1.20. The third-order valence-electron chi connectivity index (χ3n) is 1.77. The maximum absolute atomic E-state index is 13.9. The second kappa shape index (κ2) is 5.21. The zero-order valence-corrected chi connectivity index (χ0v) is 10.3. The first-order chi connectivity index (χ1) is 7.74. The molecule has 108 valence electrons. The van der Waals surface area contributed by atoms with E-state index in [1.807, 2.05) is 0 Å². The molecule has 0 saturated heterocycles. The maximum Gasteiger partial charge on any atom is 0.420 e. The Hall–Kier alpha value is -0.560. The van der Waals surface area contributed by atoms with Gasteiger partial charge < -0.3 is 0 Å². The van der Waals surface area contributed by atoms with Crippen LogP contribution in [-0.2, 0) is 25.7 Å². The van der Waals surface area contributed by atoms with Crippen LogP contribution in [0.25, 0.3) is 0 Å². The van der Waals surface area contributed by atoms with E-state index >= 15 is 0 Å². The molecule has 3 atom stereocenters. The number of alkyl halides is 4. The van der Waals surface area contributed by atoms with Crippen molar-refractivity contribution in [2.24, 2.45) is 0 Å². The summed E-state index contributed by atoms with van der Waals surface area (Å²) in [7, 11) is -5.95. The molecule has 0 rings (SSSR count). The van der Waals surface area contributed by atoms with Gasteiger partial charge in [0.2, 0.25) is 6.10 Å². The molecule has 0 saturated carbocycles. The summed E-state index contributed by atoms with van der Waals surface area (Å²) in [6.07, 6.45) is -9.58. The van der Waals surface area contributed by atoms with Crippen LogP contribution in [0.15, 0.2) is 12.2 Å². The second-order valence-electron chi connectivity index (χ2n) is 3.14. The molecule has 0 aromatic rings. The van der Waals surface area contributed by atoms with E-state index in [1.165, 1.54) is 0 Å². The standard InChI is InChI=1S/C6H8F4O6S2/c1-3(2)5(7,18(13,14)15)4(6(8,9)10)16-17(11)12/h4H,1H2,2H3,(H,11,12)(H,13,14,15). The molecular formula is C6H8F4O6S2. The fourth-order valence-electron chi connectivity index (χ4n) is 0.988. The van der Waals surface area contributed by atoms with Crippen LogP contribution >= 0.6 is 0 Å². The Balaban J connectivity index is 5.98. The highest BCUT2D eigenvalue weighted by Gasteiger charge is 2.64. The van der Waals surface area contributed by atoms with Crippen molar-refractivity contribution in [3.8, 4) is 0 Å². The second-order valence-corrected chi connectivity index (χ2v) is 5.31. The zero-order chi connectivity index (χ0) is 14.9. The van der Waals surface area contributed by atoms with E-state index in [-0.39, 0.29) is 0 Å². The molecule has 0 aliphatic carbocycles. The van der Waals surface area contributed by atoms with Crippen molar-refractivity contribution in [1.29, 1.82) is 0 Å². The minimum Gasteiger partial charge on any atom is -0.284 e. The van der Waals surface area contributed by atoms with E-state index < -0.39 is 44.3 Å². The highest BCUT2D eigenvalue weighted by atomic mass is 32.2. The fraction of sp³-hybridized carbons (Fsp3) is 0.667. The molecule has 0 amide bonds. The lowest BCUT2D eigenvalue weighted by molar-refractivity contribution is -0.213.